The lowest BCUT2D eigenvalue weighted by Gasteiger charge is -2.26. The molecule has 0 aromatic heterocycles. The van der Waals surface area contributed by atoms with Crippen molar-refractivity contribution in [1.82, 2.24) is 20.9 Å². The summed E-state index contributed by atoms with van der Waals surface area (Å²) in [5.74, 6) is -2.37. The Morgan fingerprint density at radius 1 is 0.700 bits per heavy atom. The topological polar surface area (TPSA) is 286 Å². The molecule has 484 valence electrons. The van der Waals surface area contributed by atoms with Crippen molar-refractivity contribution in [3.05, 3.63) is 148 Å². The molecule has 1 saturated heterocycles. The normalized spacial score (nSPS) is 14.7. The quantitative estimate of drug-likeness (QED) is 0.00824. The van der Waals surface area contributed by atoms with E-state index < -0.39 is 62.2 Å². The number of methoxy groups -OCH3 is 2. The molecule has 6 rings (SSSR count). The van der Waals surface area contributed by atoms with Crippen LogP contribution in [-0.2, 0) is 60.1 Å². The summed E-state index contributed by atoms with van der Waals surface area (Å²) in [6, 6.07) is 24.7. The van der Waals surface area contributed by atoms with Crippen LogP contribution < -0.4 is 50.8 Å². The van der Waals surface area contributed by atoms with E-state index in [-0.39, 0.29) is 103 Å². The summed E-state index contributed by atoms with van der Waals surface area (Å²) in [7, 11) is -1.92. The van der Waals surface area contributed by atoms with E-state index >= 15 is 0 Å². The number of amides is 5. The van der Waals surface area contributed by atoms with Crippen molar-refractivity contribution < 1.29 is 65.5 Å². The Bertz CT molecular complexity index is 3560. The molecule has 5 amide bonds. The molecule has 6 atom stereocenters. The number of carbonyl (C=O) groups is 7. The summed E-state index contributed by atoms with van der Waals surface area (Å²) < 4.78 is 61.0. The molecule has 7 N–H and O–H groups in total. The van der Waals surface area contributed by atoms with Crippen molar-refractivity contribution in [1.29, 1.82) is 0 Å². The Morgan fingerprint density at radius 2 is 1.22 bits per heavy atom. The zero-order chi connectivity index (χ0) is 66.0. The van der Waals surface area contributed by atoms with E-state index in [1.54, 1.807) is 37.3 Å². The van der Waals surface area contributed by atoms with Crippen LogP contribution >= 0.6 is 12.6 Å². The molecule has 5 aromatic carbocycles. The predicted octanol–water partition coefficient (Wildman–Crippen LogP) is 9.35. The lowest BCUT2D eigenvalue weighted by Crippen LogP contribution is -2.50. The van der Waals surface area contributed by atoms with Crippen LogP contribution in [0.2, 0.25) is 0 Å². The van der Waals surface area contributed by atoms with Gasteiger partial charge >= 0.3 is 0 Å². The van der Waals surface area contributed by atoms with Gasteiger partial charge in [-0.1, -0.05) is 69.0 Å². The number of allylic oxidation sites excluding steroid dienone is 1. The highest BCUT2D eigenvalue weighted by Crippen LogP contribution is 2.38. The van der Waals surface area contributed by atoms with Gasteiger partial charge in [0.1, 0.15) is 25.3 Å². The Balaban J connectivity index is 1.19. The SMILES string of the molecule is C=C1CC(S)C(=O)N1CCNC(=O)CCCCC(=O)N[C@@H](C)C(=O)N[C@@H](C)C(=O)Nc1cc(COc2cc(NC[C@@H](C)Cc3ccccc3C)c(C(C)=O)cc2OC)cc(COc2cc(NC(C(C)Cc3ccccc3C)S(=O)(=O)O)c(C(C)=O)cc2OC)c1. The highest BCUT2D eigenvalue weighted by Gasteiger charge is 2.33. The first-order chi connectivity index (χ1) is 42.6. The average Bonchev–Trinajstić information content (AvgIpc) is 1.33. The second-order valence-electron chi connectivity index (χ2n) is 23.0. The summed E-state index contributed by atoms with van der Waals surface area (Å²) in [4.78, 5) is 92.6. The smallest absolute Gasteiger partial charge is 0.286 e. The number of rotatable bonds is 34. The third-order valence-corrected chi connectivity index (χ3v) is 17.1. The molecule has 1 heterocycles. The lowest BCUT2D eigenvalue weighted by molar-refractivity contribution is -0.130. The standard InChI is InChI=1S/C67H85N7O14S2/c1-39(26-50-20-14-12-18-40(50)2)36-69-55-34-59(57(85-10)32-53(55)46(8)75)87-37-48-29-49(38-88-60-35-56(54(47(9)76)33-58(60)86-11)73-66(90(82,83)84)42(4)27-51-21-15-13-19-41(51)3)31-52(30-48)72-65(80)45(7)71-64(79)44(6)70-63(78)23-17-16-22-62(77)68-24-25-74-43(5)28-61(89)67(74)81/h12-15,18-21,29-35,39,42,44-45,61,66,69,73,89H,5,16-17,22-28,36-38H2,1-4,6-11H3,(H,68,77)(H,70,78)(H,71,79)(H,72,80)(H,82,83,84)/t39-,42?,44-,45-,61?,66?/m0/s1. The second-order valence-corrected chi connectivity index (χ2v) is 25.1. The maximum Gasteiger partial charge on any atom is 0.286 e. The van der Waals surface area contributed by atoms with Crippen LogP contribution in [0.15, 0.2) is 103 Å². The van der Waals surface area contributed by atoms with Gasteiger partial charge in [0, 0.05) is 84.9 Å². The Morgan fingerprint density at radius 3 is 1.74 bits per heavy atom. The van der Waals surface area contributed by atoms with Gasteiger partial charge in [-0.05, 0) is 143 Å². The number of ketones is 2. The molecule has 0 aliphatic carbocycles. The molecule has 1 aliphatic rings. The van der Waals surface area contributed by atoms with E-state index in [1.165, 1.54) is 70.1 Å². The number of likely N-dealkylation sites (tertiary alicyclic amines) is 1. The molecule has 90 heavy (non-hydrogen) atoms. The number of aryl methyl sites for hydroxylation is 2. The first-order valence-electron chi connectivity index (χ1n) is 29.9. The largest absolute Gasteiger partial charge is 0.493 e. The Labute approximate surface area is 533 Å². The molecular weight excluding hydrogens is 1190 g/mol. The van der Waals surface area contributed by atoms with Crippen LogP contribution in [0.4, 0.5) is 17.1 Å². The summed E-state index contributed by atoms with van der Waals surface area (Å²) in [6.45, 7) is 18.2. The number of ether oxygens (including phenoxy) is 4. The lowest BCUT2D eigenvalue weighted by atomic mass is 9.97. The van der Waals surface area contributed by atoms with Crippen LogP contribution in [0.25, 0.3) is 0 Å². The van der Waals surface area contributed by atoms with Crippen molar-refractivity contribution >= 4 is 80.9 Å². The number of thiol groups is 1. The van der Waals surface area contributed by atoms with Gasteiger partial charge in [0.25, 0.3) is 10.1 Å². The van der Waals surface area contributed by atoms with Crippen LogP contribution in [0.5, 0.6) is 23.0 Å². The number of nitrogens with zero attached hydrogens (tertiary/aromatic N) is 1. The fraction of sp³-hybridized carbons (Fsp3) is 0.418. The van der Waals surface area contributed by atoms with Crippen molar-refractivity contribution in [3.63, 3.8) is 0 Å². The molecule has 0 spiro atoms. The molecule has 1 fully saturated rings. The number of Topliss-reactive ketones (excluding diaryl/α,β-unsaturated/α-hetero) is 2. The van der Waals surface area contributed by atoms with Crippen LogP contribution in [0.1, 0.15) is 128 Å². The van der Waals surface area contributed by atoms with Crippen LogP contribution in [-0.4, -0.2) is 116 Å². The van der Waals surface area contributed by atoms with Crippen LogP contribution in [0, 0.1) is 25.7 Å². The minimum Gasteiger partial charge on any atom is -0.493 e. The number of hydrogen-bond acceptors (Lipinski definition) is 16. The maximum absolute atomic E-state index is 14.0. The molecule has 21 nitrogen and oxygen atoms in total. The molecule has 0 saturated carbocycles. The van der Waals surface area contributed by atoms with Crippen molar-refractivity contribution in [2.24, 2.45) is 11.8 Å². The zero-order valence-corrected chi connectivity index (χ0v) is 54.6. The van der Waals surface area contributed by atoms with Crippen molar-refractivity contribution in [2.45, 2.75) is 136 Å². The third kappa shape index (κ3) is 20.3. The number of nitrogens with one attached hydrogen (secondary N) is 6. The average molecular weight is 1280 g/mol. The molecule has 1 aliphatic heterocycles. The Hall–Kier alpha value is -8.41. The van der Waals surface area contributed by atoms with Gasteiger partial charge in [0.2, 0.25) is 29.5 Å². The maximum atomic E-state index is 14.0. The fourth-order valence-electron chi connectivity index (χ4n) is 10.4. The van der Waals surface area contributed by atoms with Crippen molar-refractivity contribution in [3.8, 4) is 23.0 Å². The van der Waals surface area contributed by atoms with E-state index in [9.17, 15) is 46.5 Å². The van der Waals surface area contributed by atoms with Gasteiger partial charge in [-0.15, -0.1) is 0 Å². The second kappa shape index (κ2) is 32.9. The van der Waals surface area contributed by atoms with Gasteiger partial charge in [0.15, 0.2) is 39.9 Å². The number of carbonyl (C=O) groups excluding carboxylic acids is 7. The highest BCUT2D eigenvalue weighted by atomic mass is 32.2. The molecule has 0 radical (unpaired) electrons. The minimum absolute atomic E-state index is 0.0402. The Kier molecular flexibility index (Phi) is 25.8. The molecule has 5 aromatic rings. The van der Waals surface area contributed by atoms with Gasteiger partial charge in [-0.3, -0.25) is 38.1 Å². The first-order valence-corrected chi connectivity index (χ1v) is 31.9. The number of hydrogen-bond donors (Lipinski definition) is 8. The molecule has 3 unspecified atom stereocenters. The first kappa shape index (κ1) is 70.7. The highest BCUT2D eigenvalue weighted by molar-refractivity contribution is 7.86. The minimum atomic E-state index is -4.76. The molecule has 23 heteroatoms. The van der Waals surface area contributed by atoms with E-state index in [0.717, 1.165) is 17.5 Å². The fourth-order valence-corrected chi connectivity index (χ4v) is 11.7. The van der Waals surface area contributed by atoms with Gasteiger partial charge in [-0.2, -0.15) is 21.0 Å². The zero-order valence-electron chi connectivity index (χ0n) is 52.9. The van der Waals surface area contributed by atoms with E-state index in [0.29, 0.717) is 59.6 Å². The summed E-state index contributed by atoms with van der Waals surface area (Å²) in [5.41, 5.74) is 7.21. The summed E-state index contributed by atoms with van der Waals surface area (Å²) in [5, 5.41) is 15.3. The number of benzene rings is 5. The van der Waals surface area contributed by atoms with E-state index in [1.807, 2.05) is 43.3 Å². The number of unbranched alkanes of at least 4 members (excludes halogenated alkanes) is 1. The summed E-state index contributed by atoms with van der Waals surface area (Å²) >= 11 is 4.26. The molecular formula is C67H85N7O14S2. The van der Waals surface area contributed by atoms with E-state index in [2.05, 4.69) is 77.1 Å². The van der Waals surface area contributed by atoms with Gasteiger partial charge in [0.05, 0.1) is 19.5 Å². The summed E-state index contributed by atoms with van der Waals surface area (Å²) in [6.07, 6.45) is 2.51. The van der Waals surface area contributed by atoms with Gasteiger partial charge in [-0.25, -0.2) is 0 Å². The third-order valence-electron chi connectivity index (χ3n) is 15.5. The molecule has 0 bridgehead atoms. The van der Waals surface area contributed by atoms with E-state index in [4.69, 9.17) is 18.9 Å². The monoisotopic (exact) mass is 1280 g/mol. The van der Waals surface area contributed by atoms with Crippen LogP contribution in [0.3, 0.4) is 0 Å². The predicted molar refractivity (Wildman–Crippen MR) is 350 cm³/mol. The number of anilines is 3. The van der Waals surface area contributed by atoms with Crippen molar-refractivity contribution in [2.75, 3.05) is 49.8 Å². The van der Waals surface area contributed by atoms with Gasteiger partial charge < -0.3 is 55.7 Å².